The summed E-state index contributed by atoms with van der Waals surface area (Å²) in [4.78, 5) is 28.8. The first kappa shape index (κ1) is 20.1. The molecule has 0 fully saturated rings. The molecule has 1 aromatic heterocycles. The first-order chi connectivity index (χ1) is 13.5. The maximum Gasteiger partial charge on any atom is 0.251 e. The summed E-state index contributed by atoms with van der Waals surface area (Å²) in [5, 5.41) is 9.64. The number of rotatable bonds is 6. The Labute approximate surface area is 168 Å². The van der Waals surface area contributed by atoms with Gasteiger partial charge in [0.15, 0.2) is 5.88 Å². The minimum Gasteiger partial charge on any atom is -0.482 e. The molecule has 0 saturated carbocycles. The summed E-state index contributed by atoms with van der Waals surface area (Å²) in [6.45, 7) is 5.36. The van der Waals surface area contributed by atoms with Gasteiger partial charge in [-0.2, -0.15) is 0 Å². The van der Waals surface area contributed by atoms with Crippen molar-refractivity contribution in [3.05, 3.63) is 49.8 Å². The predicted molar refractivity (Wildman–Crippen MR) is 112 cm³/mol. The van der Waals surface area contributed by atoms with Crippen molar-refractivity contribution in [1.82, 2.24) is 10.3 Å². The van der Waals surface area contributed by atoms with Gasteiger partial charge in [-0.05, 0) is 44.4 Å². The number of pyridine rings is 1. The number of amides is 1. The molecule has 2 heterocycles. The van der Waals surface area contributed by atoms with E-state index in [2.05, 4.69) is 20.9 Å². The van der Waals surface area contributed by atoms with Gasteiger partial charge in [0.2, 0.25) is 5.43 Å². The lowest BCUT2D eigenvalue weighted by Gasteiger charge is -2.20. The zero-order chi connectivity index (χ0) is 20.3. The normalized spacial score (nSPS) is 12.7. The average Bonchev–Trinajstić information content (AvgIpc) is 2.69. The molecule has 0 radical (unpaired) electrons. The van der Waals surface area contributed by atoms with Crippen LogP contribution in [0.15, 0.2) is 16.9 Å². The molecule has 0 spiro atoms. The molecule has 7 nitrogen and oxygen atoms in total. The van der Waals surface area contributed by atoms with E-state index in [0.29, 0.717) is 27.7 Å². The Morgan fingerprint density at radius 3 is 2.86 bits per heavy atom. The average molecular weight is 405 g/mol. The van der Waals surface area contributed by atoms with Crippen LogP contribution in [-0.4, -0.2) is 31.1 Å². The van der Waals surface area contributed by atoms with Gasteiger partial charge < -0.3 is 25.7 Å². The van der Waals surface area contributed by atoms with Crippen LogP contribution in [0.4, 0.5) is 11.4 Å². The second kappa shape index (κ2) is 8.56. The molecule has 1 aromatic carbocycles. The molecule has 3 rings (SSSR count). The van der Waals surface area contributed by atoms with Gasteiger partial charge in [-0.15, -0.1) is 0 Å². The Balaban J connectivity index is 1.87. The van der Waals surface area contributed by atoms with E-state index >= 15 is 0 Å². The number of anilines is 2. The van der Waals surface area contributed by atoms with E-state index in [1.165, 1.54) is 7.11 Å². The van der Waals surface area contributed by atoms with Gasteiger partial charge in [-0.25, -0.2) is 0 Å². The first-order valence-electron chi connectivity index (χ1n) is 9.34. The molecular formula is C20H25ClN4O3. The largest absolute Gasteiger partial charge is 0.482 e. The summed E-state index contributed by atoms with van der Waals surface area (Å²) in [7, 11) is 1.50. The summed E-state index contributed by atoms with van der Waals surface area (Å²) < 4.78 is 5.36. The summed E-state index contributed by atoms with van der Waals surface area (Å²) in [5.41, 5.74) is 3.71. The molecular weight excluding hydrogens is 380 g/mol. The molecule has 0 aliphatic carbocycles. The number of aromatic amines is 1. The third-order valence-electron chi connectivity index (χ3n) is 4.86. The van der Waals surface area contributed by atoms with Crippen molar-refractivity contribution in [2.75, 3.05) is 30.8 Å². The maximum atomic E-state index is 12.9. The second-order valence-electron chi connectivity index (χ2n) is 6.69. The molecule has 1 aliphatic heterocycles. The zero-order valence-corrected chi connectivity index (χ0v) is 17.0. The molecule has 0 atom stereocenters. The minimum absolute atomic E-state index is 0.0504. The summed E-state index contributed by atoms with van der Waals surface area (Å²) in [6, 6.07) is 3.42. The number of methoxy groups -OCH3 is 1. The number of hydrogen-bond acceptors (Lipinski definition) is 5. The van der Waals surface area contributed by atoms with E-state index in [-0.39, 0.29) is 17.9 Å². The minimum atomic E-state index is -0.300. The van der Waals surface area contributed by atoms with Crippen LogP contribution in [0.25, 0.3) is 0 Å². The quantitative estimate of drug-likeness (QED) is 0.593. The van der Waals surface area contributed by atoms with E-state index in [9.17, 15) is 9.59 Å². The van der Waals surface area contributed by atoms with Crippen LogP contribution in [0.2, 0.25) is 5.02 Å². The molecule has 0 bridgehead atoms. The van der Waals surface area contributed by atoms with E-state index in [1.54, 1.807) is 12.1 Å². The Bertz CT molecular complexity index is 955. The Hall–Kier alpha value is -2.67. The van der Waals surface area contributed by atoms with E-state index in [0.717, 1.165) is 42.9 Å². The van der Waals surface area contributed by atoms with Gasteiger partial charge >= 0.3 is 0 Å². The highest BCUT2D eigenvalue weighted by molar-refractivity contribution is 6.31. The summed E-state index contributed by atoms with van der Waals surface area (Å²) >= 11 is 6.17. The van der Waals surface area contributed by atoms with E-state index < -0.39 is 0 Å². The highest BCUT2D eigenvalue weighted by Crippen LogP contribution is 2.25. The number of ether oxygens (including phenoxy) is 1. The van der Waals surface area contributed by atoms with Crippen molar-refractivity contribution in [1.29, 1.82) is 0 Å². The fraction of sp³-hybridized carbons (Fsp3) is 0.400. The van der Waals surface area contributed by atoms with Crippen molar-refractivity contribution in [2.24, 2.45) is 0 Å². The number of nitrogens with one attached hydrogen (secondary N) is 4. The molecule has 1 amide bonds. The van der Waals surface area contributed by atoms with Crippen LogP contribution in [0, 0.1) is 6.92 Å². The first-order valence-corrected chi connectivity index (χ1v) is 9.72. The Morgan fingerprint density at radius 2 is 2.14 bits per heavy atom. The number of fused-ring (bicyclic) bond motifs is 1. The van der Waals surface area contributed by atoms with Crippen LogP contribution < -0.4 is 26.1 Å². The molecule has 4 N–H and O–H groups in total. The molecule has 0 unspecified atom stereocenters. The smallest absolute Gasteiger partial charge is 0.251 e. The second-order valence-corrected chi connectivity index (χ2v) is 7.13. The molecule has 1 aliphatic rings. The monoisotopic (exact) mass is 404 g/mol. The number of carbonyl (C=O) groups excluding carboxylic acids is 1. The SMILES string of the molecule is CCNc1cc(Cl)cc(C(=O)NCc2c(OC)[nH]c3c(c2=O)NCCC3)c1C. The fourth-order valence-electron chi connectivity index (χ4n) is 3.41. The van der Waals surface area contributed by atoms with Crippen LogP contribution in [-0.2, 0) is 13.0 Å². The number of aromatic nitrogens is 1. The lowest BCUT2D eigenvalue weighted by Crippen LogP contribution is -2.30. The molecule has 0 saturated heterocycles. The molecule has 8 heteroatoms. The topological polar surface area (TPSA) is 95.2 Å². The predicted octanol–water partition coefficient (Wildman–Crippen LogP) is 3.07. The third-order valence-corrected chi connectivity index (χ3v) is 5.08. The van der Waals surface area contributed by atoms with Gasteiger partial charge in [-0.1, -0.05) is 11.6 Å². The molecule has 28 heavy (non-hydrogen) atoms. The van der Waals surface area contributed by atoms with Crippen LogP contribution in [0.5, 0.6) is 5.88 Å². The number of aryl methyl sites for hydroxylation is 1. The maximum absolute atomic E-state index is 12.9. The Morgan fingerprint density at radius 1 is 1.36 bits per heavy atom. The van der Waals surface area contributed by atoms with Crippen LogP contribution in [0.1, 0.15) is 40.5 Å². The number of halogens is 1. The van der Waals surface area contributed by atoms with Crippen molar-refractivity contribution in [2.45, 2.75) is 33.2 Å². The molecule has 150 valence electrons. The third kappa shape index (κ3) is 3.94. The van der Waals surface area contributed by atoms with Gasteiger partial charge in [0.05, 0.1) is 19.2 Å². The van der Waals surface area contributed by atoms with Gasteiger partial charge in [-0.3, -0.25) is 9.59 Å². The van der Waals surface area contributed by atoms with E-state index in [4.69, 9.17) is 16.3 Å². The number of hydrogen-bond donors (Lipinski definition) is 4. The number of H-pyrrole nitrogens is 1. The van der Waals surface area contributed by atoms with Crippen LogP contribution in [0.3, 0.4) is 0 Å². The lowest BCUT2D eigenvalue weighted by atomic mass is 10.0. The highest BCUT2D eigenvalue weighted by atomic mass is 35.5. The lowest BCUT2D eigenvalue weighted by molar-refractivity contribution is 0.0950. The van der Waals surface area contributed by atoms with Crippen molar-refractivity contribution in [3.8, 4) is 5.88 Å². The molecule has 2 aromatic rings. The van der Waals surface area contributed by atoms with Crippen LogP contribution >= 0.6 is 11.6 Å². The van der Waals surface area contributed by atoms with Gasteiger partial charge in [0.25, 0.3) is 5.91 Å². The number of benzene rings is 1. The van der Waals surface area contributed by atoms with Gasteiger partial charge in [0.1, 0.15) is 5.69 Å². The number of carbonyl (C=O) groups is 1. The Kier molecular flexibility index (Phi) is 6.14. The van der Waals surface area contributed by atoms with E-state index in [1.807, 2.05) is 13.8 Å². The van der Waals surface area contributed by atoms with Gasteiger partial charge in [0, 0.05) is 35.1 Å². The zero-order valence-electron chi connectivity index (χ0n) is 16.3. The van der Waals surface area contributed by atoms with Crippen molar-refractivity contribution in [3.63, 3.8) is 0 Å². The van der Waals surface area contributed by atoms with Crippen molar-refractivity contribution >= 4 is 28.9 Å². The highest BCUT2D eigenvalue weighted by Gasteiger charge is 2.21. The summed E-state index contributed by atoms with van der Waals surface area (Å²) in [6.07, 6.45) is 1.74. The standard InChI is InChI=1S/C20H25ClN4O3/c1-4-22-16-9-12(21)8-13(11(16)2)19(27)24-10-14-18(26)17-15(6-5-7-23-17)25-20(14)28-3/h8-9,22-23H,4-7,10H2,1-3H3,(H,24,27)(H,25,26). The van der Waals surface area contributed by atoms with Crippen molar-refractivity contribution < 1.29 is 9.53 Å². The summed E-state index contributed by atoms with van der Waals surface area (Å²) in [5.74, 6) is 0.0789. The fourth-order valence-corrected chi connectivity index (χ4v) is 3.62.